The van der Waals surface area contributed by atoms with Gasteiger partial charge in [-0.25, -0.2) is 0 Å². The van der Waals surface area contributed by atoms with Gasteiger partial charge in [-0.1, -0.05) is 6.07 Å². The maximum Gasteiger partial charge on any atom is 0.231 e. The molecule has 0 spiro atoms. The molecule has 7 nitrogen and oxygen atoms in total. The maximum absolute atomic E-state index is 5.74. The first kappa shape index (κ1) is 19.9. The summed E-state index contributed by atoms with van der Waals surface area (Å²) < 4.78 is 16.3. The standard InChI is InChI=1S/C21H26N4O3S/c29-21(23-14-18-1-2-19-20(13-18)28-16-27-19)25(15-17-3-5-22-6-4-17)8-7-24-9-11-26-12-10-24/h1-6,13H,7-12,14-16H2,(H,23,29). The molecule has 0 bridgehead atoms. The van der Waals surface area contributed by atoms with Crippen LogP contribution in [-0.4, -0.2) is 66.1 Å². The van der Waals surface area contributed by atoms with Crippen LogP contribution in [0.2, 0.25) is 0 Å². The molecule has 0 radical (unpaired) electrons. The van der Waals surface area contributed by atoms with E-state index in [0.717, 1.165) is 68.1 Å². The van der Waals surface area contributed by atoms with Crippen molar-refractivity contribution in [3.05, 3.63) is 53.9 Å². The summed E-state index contributed by atoms with van der Waals surface area (Å²) in [5, 5.41) is 4.14. The van der Waals surface area contributed by atoms with Gasteiger partial charge in [-0.15, -0.1) is 0 Å². The van der Waals surface area contributed by atoms with E-state index < -0.39 is 0 Å². The van der Waals surface area contributed by atoms with Gasteiger partial charge in [-0.2, -0.15) is 0 Å². The molecule has 0 aliphatic carbocycles. The molecule has 1 saturated heterocycles. The molecule has 4 rings (SSSR count). The van der Waals surface area contributed by atoms with E-state index >= 15 is 0 Å². The van der Waals surface area contributed by atoms with Gasteiger partial charge in [0.25, 0.3) is 0 Å². The minimum atomic E-state index is 0.284. The Kier molecular flexibility index (Phi) is 6.76. The van der Waals surface area contributed by atoms with Gasteiger partial charge in [0.1, 0.15) is 0 Å². The summed E-state index contributed by atoms with van der Waals surface area (Å²) in [5.41, 5.74) is 2.29. The lowest BCUT2D eigenvalue weighted by molar-refractivity contribution is 0.0357. The highest BCUT2D eigenvalue weighted by atomic mass is 32.1. The van der Waals surface area contributed by atoms with Gasteiger partial charge >= 0.3 is 0 Å². The Morgan fingerprint density at radius 3 is 2.69 bits per heavy atom. The molecule has 2 aromatic rings. The largest absolute Gasteiger partial charge is 0.454 e. The van der Waals surface area contributed by atoms with Crippen molar-refractivity contribution in [1.82, 2.24) is 20.1 Å². The van der Waals surface area contributed by atoms with Crippen LogP contribution in [-0.2, 0) is 17.8 Å². The van der Waals surface area contributed by atoms with Crippen molar-refractivity contribution in [2.75, 3.05) is 46.2 Å². The third kappa shape index (κ3) is 5.56. The number of fused-ring (bicyclic) bond motifs is 1. The molecule has 1 aromatic carbocycles. The molecule has 0 unspecified atom stereocenters. The molecule has 3 heterocycles. The van der Waals surface area contributed by atoms with E-state index in [1.165, 1.54) is 5.56 Å². The minimum Gasteiger partial charge on any atom is -0.454 e. The Morgan fingerprint density at radius 2 is 1.86 bits per heavy atom. The van der Waals surface area contributed by atoms with Crippen molar-refractivity contribution < 1.29 is 14.2 Å². The van der Waals surface area contributed by atoms with Gasteiger partial charge in [-0.05, 0) is 47.6 Å². The minimum absolute atomic E-state index is 0.284. The summed E-state index contributed by atoms with van der Waals surface area (Å²) in [6.07, 6.45) is 3.64. The van der Waals surface area contributed by atoms with Crippen LogP contribution in [0.4, 0.5) is 0 Å². The number of aromatic nitrogens is 1. The number of hydrogen-bond acceptors (Lipinski definition) is 6. The summed E-state index contributed by atoms with van der Waals surface area (Å²) in [6, 6.07) is 10.0. The lowest BCUT2D eigenvalue weighted by atomic mass is 10.2. The summed E-state index contributed by atoms with van der Waals surface area (Å²) in [6.45, 7) is 7.04. The van der Waals surface area contributed by atoms with Crippen molar-refractivity contribution in [2.24, 2.45) is 0 Å². The zero-order valence-electron chi connectivity index (χ0n) is 16.4. The smallest absolute Gasteiger partial charge is 0.231 e. The van der Waals surface area contributed by atoms with Crippen molar-refractivity contribution in [1.29, 1.82) is 0 Å². The fraction of sp³-hybridized carbons (Fsp3) is 0.429. The highest BCUT2D eigenvalue weighted by Gasteiger charge is 2.16. The Hall–Kier alpha value is -2.42. The SMILES string of the molecule is S=C(NCc1ccc2c(c1)OCO2)N(CCN1CCOCC1)Cc1ccncc1. The molecule has 154 valence electrons. The first-order valence-corrected chi connectivity index (χ1v) is 10.3. The van der Waals surface area contributed by atoms with E-state index in [1.54, 1.807) is 0 Å². The van der Waals surface area contributed by atoms with E-state index in [0.29, 0.717) is 6.54 Å². The fourth-order valence-corrected chi connectivity index (χ4v) is 3.62. The van der Waals surface area contributed by atoms with Gasteiger partial charge in [0.15, 0.2) is 16.6 Å². The van der Waals surface area contributed by atoms with Crippen LogP contribution in [0.15, 0.2) is 42.7 Å². The van der Waals surface area contributed by atoms with Crippen LogP contribution in [0, 0.1) is 0 Å². The van der Waals surface area contributed by atoms with Crippen LogP contribution in [0.25, 0.3) is 0 Å². The van der Waals surface area contributed by atoms with Gasteiger partial charge in [0.05, 0.1) is 13.2 Å². The third-order valence-electron chi connectivity index (χ3n) is 5.08. The summed E-state index contributed by atoms with van der Waals surface area (Å²) in [5.74, 6) is 1.58. The van der Waals surface area contributed by atoms with E-state index in [2.05, 4.69) is 20.1 Å². The molecular weight excluding hydrogens is 388 g/mol. The highest BCUT2D eigenvalue weighted by Crippen LogP contribution is 2.32. The molecule has 0 amide bonds. The van der Waals surface area contributed by atoms with Crippen molar-refractivity contribution in [3.63, 3.8) is 0 Å². The summed E-state index contributed by atoms with van der Waals surface area (Å²) >= 11 is 5.74. The number of nitrogens with one attached hydrogen (secondary N) is 1. The topological polar surface area (TPSA) is 59.1 Å². The predicted octanol–water partition coefficient (Wildman–Crippen LogP) is 2.02. The van der Waals surface area contributed by atoms with Crippen molar-refractivity contribution >= 4 is 17.3 Å². The van der Waals surface area contributed by atoms with E-state index in [-0.39, 0.29) is 6.79 Å². The monoisotopic (exact) mass is 414 g/mol. The van der Waals surface area contributed by atoms with Crippen LogP contribution in [0.3, 0.4) is 0 Å². The summed E-state index contributed by atoms with van der Waals surface area (Å²) in [7, 11) is 0. The maximum atomic E-state index is 5.74. The van der Waals surface area contributed by atoms with Gasteiger partial charge < -0.3 is 24.4 Å². The Labute approximate surface area is 176 Å². The highest BCUT2D eigenvalue weighted by molar-refractivity contribution is 7.80. The number of benzene rings is 1. The van der Waals surface area contributed by atoms with Gasteiger partial charge in [-0.3, -0.25) is 9.88 Å². The van der Waals surface area contributed by atoms with E-state index in [4.69, 9.17) is 26.4 Å². The first-order valence-electron chi connectivity index (χ1n) is 9.88. The van der Waals surface area contributed by atoms with Crippen LogP contribution in [0.1, 0.15) is 11.1 Å². The number of morpholine rings is 1. The van der Waals surface area contributed by atoms with Gasteiger partial charge in [0, 0.05) is 51.7 Å². The molecule has 2 aliphatic rings. The number of rotatable bonds is 7. The molecule has 0 atom stereocenters. The molecule has 2 aliphatic heterocycles. The van der Waals surface area contributed by atoms with Crippen LogP contribution in [0.5, 0.6) is 11.5 Å². The lowest BCUT2D eigenvalue weighted by Crippen LogP contribution is -2.45. The van der Waals surface area contributed by atoms with Crippen LogP contribution < -0.4 is 14.8 Å². The molecule has 0 saturated carbocycles. The average molecular weight is 415 g/mol. The second-order valence-electron chi connectivity index (χ2n) is 7.08. The molecule has 1 N–H and O–H groups in total. The number of ether oxygens (including phenoxy) is 3. The summed E-state index contributed by atoms with van der Waals surface area (Å²) in [4.78, 5) is 8.75. The van der Waals surface area contributed by atoms with Crippen LogP contribution >= 0.6 is 12.2 Å². The number of nitrogens with zero attached hydrogens (tertiary/aromatic N) is 3. The van der Waals surface area contributed by atoms with E-state index in [9.17, 15) is 0 Å². The van der Waals surface area contributed by atoms with Crippen molar-refractivity contribution in [3.8, 4) is 11.5 Å². The Balaban J connectivity index is 1.36. The first-order chi connectivity index (χ1) is 14.3. The molecule has 8 heteroatoms. The predicted molar refractivity (Wildman–Crippen MR) is 114 cm³/mol. The average Bonchev–Trinajstić information content (AvgIpc) is 3.24. The number of pyridine rings is 1. The second-order valence-corrected chi connectivity index (χ2v) is 7.46. The molecule has 29 heavy (non-hydrogen) atoms. The van der Waals surface area contributed by atoms with E-state index in [1.807, 2.05) is 42.7 Å². The lowest BCUT2D eigenvalue weighted by Gasteiger charge is -2.31. The molecule has 1 fully saturated rings. The molecule has 1 aromatic heterocycles. The fourth-order valence-electron chi connectivity index (χ4n) is 3.39. The Morgan fingerprint density at radius 1 is 1.07 bits per heavy atom. The zero-order chi connectivity index (χ0) is 19.9. The van der Waals surface area contributed by atoms with Crippen molar-refractivity contribution in [2.45, 2.75) is 13.1 Å². The number of hydrogen-bond donors (Lipinski definition) is 1. The molecular formula is C21H26N4O3S. The third-order valence-corrected chi connectivity index (χ3v) is 5.48. The number of thiocarbonyl (C=S) groups is 1. The second kappa shape index (κ2) is 9.87. The quantitative estimate of drug-likeness (QED) is 0.691. The Bertz CT molecular complexity index is 815. The normalized spacial score (nSPS) is 15.9. The zero-order valence-corrected chi connectivity index (χ0v) is 17.2. The van der Waals surface area contributed by atoms with Gasteiger partial charge in [0.2, 0.25) is 6.79 Å².